The Morgan fingerprint density at radius 3 is 2.82 bits per heavy atom. The summed E-state index contributed by atoms with van der Waals surface area (Å²) in [5.74, 6) is 0. The molecule has 0 aliphatic heterocycles. The van der Waals surface area contributed by atoms with Crippen LogP contribution in [0.25, 0.3) is 22.2 Å². The van der Waals surface area contributed by atoms with Crippen LogP contribution in [0.1, 0.15) is 0 Å². The van der Waals surface area contributed by atoms with Crippen LogP contribution in [0.15, 0.2) is 49.1 Å². The average Bonchev–Trinajstić information content (AvgIpc) is 2.38. The number of fused-ring (bicyclic) bond motifs is 1. The van der Waals surface area contributed by atoms with Crippen LogP contribution >= 0.6 is 0 Å². The molecule has 4 nitrogen and oxygen atoms in total. The van der Waals surface area contributed by atoms with E-state index in [-0.39, 0.29) is 0 Å². The molecule has 82 valence electrons. The highest BCUT2D eigenvalue weighted by Crippen LogP contribution is 2.22. The Labute approximate surface area is 98.2 Å². The molecule has 2 aromatic heterocycles. The first-order chi connectivity index (χ1) is 8.33. The van der Waals surface area contributed by atoms with Gasteiger partial charge in [-0.05, 0) is 18.2 Å². The fraction of sp³-hybridized carbons (Fsp3) is 0. The van der Waals surface area contributed by atoms with Crippen molar-refractivity contribution in [1.82, 2.24) is 15.0 Å². The van der Waals surface area contributed by atoms with Gasteiger partial charge in [-0.2, -0.15) is 0 Å². The minimum atomic E-state index is 0.706. The number of nitrogen functional groups attached to an aromatic ring is 1. The number of anilines is 1. The van der Waals surface area contributed by atoms with Crippen molar-refractivity contribution in [2.45, 2.75) is 0 Å². The molecule has 0 unspecified atom stereocenters. The number of hydrogen-bond donors (Lipinski definition) is 1. The van der Waals surface area contributed by atoms with Crippen LogP contribution in [0.5, 0.6) is 0 Å². The Morgan fingerprint density at radius 1 is 1.00 bits per heavy atom. The predicted molar refractivity (Wildman–Crippen MR) is 67.2 cm³/mol. The maximum absolute atomic E-state index is 5.74. The van der Waals surface area contributed by atoms with Gasteiger partial charge in [0.2, 0.25) is 0 Å². The number of nitrogens with two attached hydrogens (primary N) is 1. The topological polar surface area (TPSA) is 64.7 Å². The summed E-state index contributed by atoms with van der Waals surface area (Å²) in [6.07, 6.45) is 5.03. The van der Waals surface area contributed by atoms with Crippen molar-refractivity contribution >= 4 is 16.6 Å². The Hall–Kier alpha value is -2.49. The van der Waals surface area contributed by atoms with Crippen LogP contribution in [0.2, 0.25) is 0 Å². The first-order valence-electron chi connectivity index (χ1n) is 5.24. The number of benzene rings is 1. The lowest BCUT2D eigenvalue weighted by molar-refractivity contribution is 1.22. The van der Waals surface area contributed by atoms with Gasteiger partial charge in [-0.15, -0.1) is 0 Å². The zero-order valence-electron chi connectivity index (χ0n) is 9.04. The highest BCUT2D eigenvalue weighted by atomic mass is 14.8. The van der Waals surface area contributed by atoms with E-state index < -0.39 is 0 Å². The van der Waals surface area contributed by atoms with Crippen LogP contribution in [-0.2, 0) is 0 Å². The minimum Gasteiger partial charge on any atom is -0.399 e. The summed E-state index contributed by atoms with van der Waals surface area (Å²) in [4.78, 5) is 12.5. The molecule has 0 saturated heterocycles. The fourth-order valence-corrected chi connectivity index (χ4v) is 1.74. The third-order valence-corrected chi connectivity index (χ3v) is 2.59. The minimum absolute atomic E-state index is 0.706. The highest BCUT2D eigenvalue weighted by Gasteiger charge is 2.01. The smallest absolute Gasteiger partial charge is 0.116 e. The molecule has 0 fully saturated rings. The van der Waals surface area contributed by atoms with Crippen molar-refractivity contribution in [3.05, 3.63) is 49.1 Å². The van der Waals surface area contributed by atoms with Crippen molar-refractivity contribution in [1.29, 1.82) is 0 Å². The van der Waals surface area contributed by atoms with Crippen molar-refractivity contribution < 1.29 is 0 Å². The summed E-state index contributed by atoms with van der Waals surface area (Å²) in [7, 11) is 0. The van der Waals surface area contributed by atoms with E-state index in [1.807, 2.05) is 24.3 Å². The molecule has 0 aliphatic carbocycles. The van der Waals surface area contributed by atoms with Gasteiger partial charge in [0.1, 0.15) is 6.33 Å². The molecular weight excluding hydrogens is 212 g/mol. The molecule has 3 rings (SSSR count). The first kappa shape index (κ1) is 9.72. The summed E-state index contributed by atoms with van der Waals surface area (Å²) in [6, 6.07) is 9.58. The normalized spacial score (nSPS) is 10.6. The van der Waals surface area contributed by atoms with Crippen molar-refractivity contribution in [2.24, 2.45) is 0 Å². The number of nitrogens with zero attached hydrogens (tertiary/aromatic N) is 3. The summed E-state index contributed by atoms with van der Waals surface area (Å²) >= 11 is 0. The van der Waals surface area contributed by atoms with Gasteiger partial charge < -0.3 is 5.73 Å². The Bertz CT molecular complexity index is 679. The van der Waals surface area contributed by atoms with Gasteiger partial charge in [0.05, 0.1) is 11.2 Å². The molecule has 0 amide bonds. The second-order valence-corrected chi connectivity index (χ2v) is 3.77. The van der Waals surface area contributed by atoms with Crippen molar-refractivity contribution in [2.75, 3.05) is 5.73 Å². The highest BCUT2D eigenvalue weighted by molar-refractivity contribution is 5.82. The van der Waals surface area contributed by atoms with Gasteiger partial charge >= 0.3 is 0 Å². The molecular formula is C13H10N4. The molecule has 0 bridgehead atoms. The van der Waals surface area contributed by atoms with Crippen LogP contribution in [0, 0.1) is 0 Å². The third-order valence-electron chi connectivity index (χ3n) is 2.59. The quantitative estimate of drug-likeness (QED) is 0.686. The average molecular weight is 222 g/mol. The largest absolute Gasteiger partial charge is 0.399 e. The second-order valence-electron chi connectivity index (χ2n) is 3.77. The van der Waals surface area contributed by atoms with Crippen molar-refractivity contribution in [3.8, 4) is 11.3 Å². The van der Waals surface area contributed by atoms with Gasteiger partial charge in [0.15, 0.2) is 0 Å². The summed E-state index contributed by atoms with van der Waals surface area (Å²) in [5, 5.41) is 1.01. The van der Waals surface area contributed by atoms with Gasteiger partial charge in [0, 0.05) is 29.0 Å². The van der Waals surface area contributed by atoms with E-state index in [2.05, 4.69) is 15.0 Å². The van der Waals surface area contributed by atoms with Crippen molar-refractivity contribution in [3.63, 3.8) is 0 Å². The SMILES string of the molecule is Nc1ccnc(-c2ccc3cncnc3c2)c1. The van der Waals surface area contributed by atoms with Crippen LogP contribution in [0.4, 0.5) is 5.69 Å². The molecule has 17 heavy (non-hydrogen) atoms. The van der Waals surface area contributed by atoms with Crippen LogP contribution < -0.4 is 5.73 Å². The van der Waals surface area contributed by atoms with E-state index >= 15 is 0 Å². The molecule has 0 atom stereocenters. The first-order valence-corrected chi connectivity index (χ1v) is 5.24. The zero-order valence-corrected chi connectivity index (χ0v) is 9.04. The van der Waals surface area contributed by atoms with Crippen LogP contribution in [-0.4, -0.2) is 15.0 Å². The Kier molecular flexibility index (Phi) is 2.19. The molecule has 1 aromatic carbocycles. The molecule has 4 heteroatoms. The summed E-state index contributed by atoms with van der Waals surface area (Å²) < 4.78 is 0. The molecule has 2 heterocycles. The van der Waals surface area contributed by atoms with E-state index in [0.717, 1.165) is 22.2 Å². The maximum Gasteiger partial charge on any atom is 0.116 e. The van der Waals surface area contributed by atoms with E-state index in [1.54, 1.807) is 24.8 Å². The lowest BCUT2D eigenvalue weighted by Gasteiger charge is -2.03. The standard InChI is InChI=1S/C13H10N4/c14-11-3-4-16-13(6-11)9-1-2-10-7-15-8-17-12(10)5-9/h1-8H,(H2,14,16). The molecule has 0 spiro atoms. The third kappa shape index (κ3) is 1.80. The number of pyridine rings is 1. The summed E-state index contributed by atoms with van der Waals surface area (Å²) in [6.45, 7) is 0. The lowest BCUT2D eigenvalue weighted by Crippen LogP contribution is -1.89. The number of aromatic nitrogens is 3. The molecule has 0 saturated carbocycles. The Morgan fingerprint density at radius 2 is 1.94 bits per heavy atom. The van der Waals surface area contributed by atoms with Gasteiger partial charge in [-0.1, -0.05) is 12.1 Å². The zero-order chi connectivity index (χ0) is 11.7. The van der Waals surface area contributed by atoms with E-state index in [9.17, 15) is 0 Å². The monoisotopic (exact) mass is 222 g/mol. The predicted octanol–water partition coefficient (Wildman–Crippen LogP) is 2.27. The maximum atomic E-state index is 5.74. The molecule has 0 radical (unpaired) electrons. The van der Waals surface area contributed by atoms with Gasteiger partial charge in [0.25, 0.3) is 0 Å². The lowest BCUT2D eigenvalue weighted by atomic mass is 10.1. The fourth-order valence-electron chi connectivity index (χ4n) is 1.74. The second kappa shape index (κ2) is 3.83. The van der Waals surface area contributed by atoms with Gasteiger partial charge in [-0.25, -0.2) is 9.97 Å². The van der Waals surface area contributed by atoms with Gasteiger partial charge in [-0.3, -0.25) is 4.98 Å². The number of rotatable bonds is 1. The number of hydrogen-bond acceptors (Lipinski definition) is 4. The van der Waals surface area contributed by atoms with Crippen LogP contribution in [0.3, 0.4) is 0 Å². The van der Waals surface area contributed by atoms with E-state index in [4.69, 9.17) is 5.73 Å². The molecule has 2 N–H and O–H groups in total. The summed E-state index contributed by atoms with van der Waals surface area (Å²) in [5.41, 5.74) is 9.21. The Balaban J connectivity index is 2.18. The molecule has 3 aromatic rings. The van der Waals surface area contributed by atoms with E-state index in [0.29, 0.717) is 5.69 Å². The van der Waals surface area contributed by atoms with E-state index in [1.165, 1.54) is 0 Å². The molecule has 0 aliphatic rings.